The average molecular weight is 334 g/mol. The Morgan fingerprint density at radius 1 is 0.880 bits per heavy atom. The van der Waals surface area contributed by atoms with Gasteiger partial charge in [-0.25, -0.2) is 0 Å². The van der Waals surface area contributed by atoms with Crippen LogP contribution in [0.4, 0.5) is 0 Å². The van der Waals surface area contributed by atoms with E-state index in [1.54, 1.807) is 0 Å². The molecule has 2 amide bonds. The zero-order valence-electron chi connectivity index (χ0n) is 14.3. The molecule has 4 rings (SSSR count). The lowest BCUT2D eigenvalue weighted by atomic mass is 10.00. The Kier molecular flexibility index (Phi) is 4.14. The zero-order valence-corrected chi connectivity index (χ0v) is 14.3. The fourth-order valence-electron chi connectivity index (χ4n) is 4.08. The Morgan fingerprint density at radius 2 is 1.40 bits per heavy atom. The van der Waals surface area contributed by atoms with E-state index in [9.17, 15) is 9.59 Å². The van der Waals surface area contributed by atoms with Crippen LogP contribution in [-0.4, -0.2) is 34.7 Å². The van der Waals surface area contributed by atoms with Crippen LogP contribution in [0.2, 0.25) is 0 Å². The third-order valence-electron chi connectivity index (χ3n) is 5.42. The molecule has 2 aliphatic heterocycles. The summed E-state index contributed by atoms with van der Waals surface area (Å²) in [5.41, 5.74) is 2.22. The first kappa shape index (κ1) is 16.0. The molecule has 0 radical (unpaired) electrons. The van der Waals surface area contributed by atoms with Crippen LogP contribution < -0.4 is 0 Å². The summed E-state index contributed by atoms with van der Waals surface area (Å²) in [4.78, 5) is 29.5. The van der Waals surface area contributed by atoms with Crippen molar-refractivity contribution in [3.63, 3.8) is 0 Å². The van der Waals surface area contributed by atoms with Crippen LogP contribution in [0, 0.1) is 11.8 Å². The van der Waals surface area contributed by atoms with Gasteiger partial charge in [0.2, 0.25) is 11.8 Å². The molecule has 0 saturated carbocycles. The van der Waals surface area contributed by atoms with Crippen molar-refractivity contribution in [2.45, 2.75) is 19.5 Å². The van der Waals surface area contributed by atoms with Crippen molar-refractivity contribution in [1.29, 1.82) is 0 Å². The van der Waals surface area contributed by atoms with Crippen molar-refractivity contribution in [1.82, 2.24) is 9.80 Å². The summed E-state index contributed by atoms with van der Waals surface area (Å²) in [7, 11) is 0. The summed E-state index contributed by atoms with van der Waals surface area (Å²) in [6.45, 7) is 4.07. The maximum absolute atomic E-state index is 12.9. The monoisotopic (exact) mass is 334 g/mol. The van der Waals surface area contributed by atoms with Crippen molar-refractivity contribution in [3.8, 4) is 0 Å². The molecule has 3 atom stereocenters. The van der Waals surface area contributed by atoms with Gasteiger partial charge in [-0.05, 0) is 18.1 Å². The second kappa shape index (κ2) is 6.45. The van der Waals surface area contributed by atoms with Gasteiger partial charge in [0.05, 0.1) is 17.9 Å². The van der Waals surface area contributed by atoms with Gasteiger partial charge in [0, 0.05) is 19.6 Å². The van der Waals surface area contributed by atoms with Crippen LogP contribution in [0.3, 0.4) is 0 Å². The predicted octanol–water partition coefficient (Wildman–Crippen LogP) is 2.86. The highest BCUT2D eigenvalue weighted by atomic mass is 16.2. The lowest BCUT2D eigenvalue weighted by Gasteiger charge is -2.26. The number of likely N-dealkylation sites (tertiary alicyclic amines) is 2. The number of imide groups is 1. The van der Waals surface area contributed by atoms with Gasteiger partial charge in [-0.2, -0.15) is 0 Å². The van der Waals surface area contributed by atoms with Gasteiger partial charge in [-0.15, -0.1) is 0 Å². The number of carbonyl (C=O) groups excluding carboxylic acids is 2. The van der Waals surface area contributed by atoms with Crippen molar-refractivity contribution in [2.75, 3.05) is 13.1 Å². The van der Waals surface area contributed by atoms with Crippen molar-refractivity contribution in [2.24, 2.45) is 11.8 Å². The molecule has 2 fully saturated rings. The molecule has 25 heavy (non-hydrogen) atoms. The molecule has 2 aliphatic rings. The van der Waals surface area contributed by atoms with Crippen molar-refractivity contribution < 1.29 is 9.59 Å². The molecule has 2 aromatic rings. The quantitative estimate of drug-likeness (QED) is 0.807. The molecule has 0 aromatic heterocycles. The number of hydrogen-bond acceptors (Lipinski definition) is 3. The molecule has 2 heterocycles. The molecule has 0 unspecified atom stereocenters. The molecule has 2 saturated heterocycles. The first-order valence-electron chi connectivity index (χ1n) is 8.83. The van der Waals surface area contributed by atoms with Gasteiger partial charge >= 0.3 is 0 Å². The molecule has 0 spiro atoms. The van der Waals surface area contributed by atoms with Gasteiger partial charge in [0.1, 0.15) is 0 Å². The van der Waals surface area contributed by atoms with Crippen molar-refractivity contribution >= 4 is 11.8 Å². The lowest BCUT2D eigenvalue weighted by Crippen LogP contribution is -2.37. The number of benzene rings is 2. The second-order valence-corrected chi connectivity index (χ2v) is 7.03. The third-order valence-corrected chi connectivity index (χ3v) is 5.42. The second-order valence-electron chi connectivity index (χ2n) is 7.03. The van der Waals surface area contributed by atoms with E-state index in [0.29, 0.717) is 13.1 Å². The summed E-state index contributed by atoms with van der Waals surface area (Å²) in [6, 6.07) is 19.8. The first-order valence-corrected chi connectivity index (χ1v) is 8.83. The summed E-state index contributed by atoms with van der Waals surface area (Å²) < 4.78 is 0. The minimum absolute atomic E-state index is 0.0121. The molecular formula is C21H22N2O2. The van der Waals surface area contributed by atoms with E-state index < -0.39 is 0 Å². The standard InChI is InChI=1S/C21H22N2O2/c1-15(17-10-6-3-7-11-17)23-20(24)18-13-22(14-19(18)21(23)25)12-16-8-4-2-5-9-16/h2-11,15,18-19H,12-14H2,1H3/t15-,18-,19+/m1/s1. The fourth-order valence-corrected chi connectivity index (χ4v) is 4.08. The topological polar surface area (TPSA) is 40.6 Å². The van der Waals surface area contributed by atoms with Crippen molar-refractivity contribution in [3.05, 3.63) is 71.8 Å². The zero-order chi connectivity index (χ0) is 17.4. The van der Waals surface area contributed by atoms with E-state index in [1.807, 2.05) is 55.5 Å². The Morgan fingerprint density at radius 3 is 1.96 bits per heavy atom. The van der Waals surface area contributed by atoms with Crippen LogP contribution in [0.5, 0.6) is 0 Å². The molecule has 4 heteroatoms. The third kappa shape index (κ3) is 2.87. The smallest absolute Gasteiger partial charge is 0.235 e. The van der Waals surface area contributed by atoms with Crippen LogP contribution >= 0.6 is 0 Å². The minimum atomic E-state index is -0.200. The summed E-state index contributed by atoms with van der Waals surface area (Å²) in [5.74, 6) is -0.409. The van der Waals surface area contributed by atoms with Gasteiger partial charge in [-0.3, -0.25) is 19.4 Å². The Bertz CT molecular complexity index is 751. The van der Waals surface area contributed by atoms with E-state index in [2.05, 4.69) is 17.0 Å². The lowest BCUT2D eigenvalue weighted by molar-refractivity contribution is -0.143. The highest BCUT2D eigenvalue weighted by Gasteiger charge is 2.53. The Labute approximate surface area is 148 Å². The molecule has 4 nitrogen and oxygen atoms in total. The van der Waals surface area contributed by atoms with E-state index >= 15 is 0 Å². The highest BCUT2D eigenvalue weighted by Crippen LogP contribution is 2.38. The Hall–Kier alpha value is -2.46. The maximum Gasteiger partial charge on any atom is 0.235 e. The maximum atomic E-state index is 12.9. The largest absolute Gasteiger partial charge is 0.297 e. The van der Waals surface area contributed by atoms with Crippen LogP contribution in [0.25, 0.3) is 0 Å². The number of carbonyl (C=O) groups is 2. The normalized spacial score (nSPS) is 24.6. The average Bonchev–Trinajstić information content (AvgIpc) is 3.15. The van der Waals surface area contributed by atoms with Crippen LogP contribution in [0.1, 0.15) is 24.1 Å². The van der Waals surface area contributed by atoms with E-state index in [1.165, 1.54) is 10.5 Å². The molecule has 0 bridgehead atoms. The summed E-state index contributed by atoms with van der Waals surface area (Å²) in [6.07, 6.45) is 0. The number of hydrogen-bond donors (Lipinski definition) is 0. The van der Waals surface area contributed by atoms with E-state index in [0.717, 1.165) is 12.1 Å². The SMILES string of the molecule is C[C@H](c1ccccc1)N1C(=O)[C@H]2CN(Cc3ccccc3)C[C@H]2C1=O. The summed E-state index contributed by atoms with van der Waals surface area (Å²) in [5, 5.41) is 0. The van der Waals surface area contributed by atoms with Crippen LogP contribution in [0.15, 0.2) is 60.7 Å². The fraction of sp³-hybridized carbons (Fsp3) is 0.333. The van der Waals surface area contributed by atoms with Gasteiger partial charge in [-0.1, -0.05) is 60.7 Å². The Balaban J connectivity index is 1.48. The van der Waals surface area contributed by atoms with E-state index in [4.69, 9.17) is 0 Å². The molecule has 0 aliphatic carbocycles. The number of rotatable bonds is 4. The van der Waals surface area contributed by atoms with Gasteiger partial charge in [0.25, 0.3) is 0 Å². The molecule has 0 N–H and O–H groups in total. The molecule has 2 aromatic carbocycles. The van der Waals surface area contributed by atoms with Gasteiger partial charge in [0.15, 0.2) is 0 Å². The molecular weight excluding hydrogens is 312 g/mol. The first-order chi connectivity index (χ1) is 12.1. The number of nitrogens with zero attached hydrogens (tertiary/aromatic N) is 2. The highest BCUT2D eigenvalue weighted by molar-refractivity contribution is 6.06. The van der Waals surface area contributed by atoms with Crippen LogP contribution in [-0.2, 0) is 16.1 Å². The van der Waals surface area contributed by atoms with Gasteiger partial charge < -0.3 is 0 Å². The minimum Gasteiger partial charge on any atom is -0.297 e. The molecule has 128 valence electrons. The number of amides is 2. The predicted molar refractivity (Wildman–Crippen MR) is 95.4 cm³/mol. The summed E-state index contributed by atoms with van der Waals surface area (Å²) >= 11 is 0. The number of fused-ring (bicyclic) bond motifs is 1. The van der Waals surface area contributed by atoms with E-state index in [-0.39, 0.29) is 29.7 Å².